The van der Waals surface area contributed by atoms with E-state index in [1.165, 1.54) is 6.08 Å². The van der Waals surface area contributed by atoms with Crippen LogP contribution in [0.1, 0.15) is 25.8 Å². The highest BCUT2D eigenvalue weighted by atomic mass is 16.5. The third kappa shape index (κ3) is 6.31. The van der Waals surface area contributed by atoms with Gasteiger partial charge in [0, 0.05) is 19.8 Å². The van der Waals surface area contributed by atoms with Gasteiger partial charge in [-0.1, -0.05) is 6.07 Å². The molecule has 0 saturated heterocycles. The molecule has 0 atom stereocenters. The van der Waals surface area contributed by atoms with Gasteiger partial charge in [-0.15, -0.1) is 0 Å². The molecule has 0 spiro atoms. The summed E-state index contributed by atoms with van der Waals surface area (Å²) < 4.78 is 15.9. The summed E-state index contributed by atoms with van der Waals surface area (Å²) in [6.45, 7) is 5.98. The minimum Gasteiger partial charge on any atom is -0.493 e. The first-order chi connectivity index (χ1) is 11.7. The van der Waals surface area contributed by atoms with Crippen LogP contribution in [-0.4, -0.2) is 39.4 Å². The van der Waals surface area contributed by atoms with Gasteiger partial charge in [0.1, 0.15) is 11.6 Å². The Balaban J connectivity index is 2.78. The minimum absolute atomic E-state index is 0.0408. The summed E-state index contributed by atoms with van der Waals surface area (Å²) >= 11 is 0. The second kappa shape index (κ2) is 11.1. The van der Waals surface area contributed by atoms with Crippen molar-refractivity contribution in [2.45, 2.75) is 20.3 Å². The Hall–Kier alpha value is -2.52. The number of hydrogen-bond donors (Lipinski definition) is 1. The first-order valence-corrected chi connectivity index (χ1v) is 7.94. The molecule has 1 N–H and O–H groups in total. The summed E-state index contributed by atoms with van der Waals surface area (Å²) in [5.41, 5.74) is 0.735. The lowest BCUT2D eigenvalue weighted by Crippen LogP contribution is -2.26. The molecule has 0 fully saturated rings. The molecule has 0 aromatic heterocycles. The fraction of sp³-hybridized carbons (Fsp3) is 0.444. The second-order valence-corrected chi connectivity index (χ2v) is 4.82. The average molecular weight is 332 g/mol. The molecule has 24 heavy (non-hydrogen) atoms. The number of rotatable bonds is 10. The van der Waals surface area contributed by atoms with Crippen LogP contribution in [0, 0.1) is 11.3 Å². The van der Waals surface area contributed by atoms with Crippen LogP contribution in [-0.2, 0) is 9.53 Å². The quantitative estimate of drug-likeness (QED) is 0.404. The van der Waals surface area contributed by atoms with Crippen molar-refractivity contribution < 1.29 is 19.0 Å². The fourth-order valence-corrected chi connectivity index (χ4v) is 1.98. The summed E-state index contributed by atoms with van der Waals surface area (Å²) in [6.07, 6.45) is 2.23. The van der Waals surface area contributed by atoms with E-state index < -0.39 is 5.91 Å². The van der Waals surface area contributed by atoms with Gasteiger partial charge < -0.3 is 19.5 Å². The fourth-order valence-electron chi connectivity index (χ4n) is 1.98. The van der Waals surface area contributed by atoms with E-state index in [0.717, 1.165) is 0 Å². The monoisotopic (exact) mass is 332 g/mol. The second-order valence-electron chi connectivity index (χ2n) is 4.82. The van der Waals surface area contributed by atoms with E-state index in [1.807, 2.05) is 19.9 Å². The minimum atomic E-state index is -0.400. The molecule has 1 aromatic rings. The number of hydrogen-bond acceptors (Lipinski definition) is 5. The first kappa shape index (κ1) is 19.5. The molecule has 0 radical (unpaired) electrons. The first-order valence-electron chi connectivity index (χ1n) is 7.94. The van der Waals surface area contributed by atoms with Crippen molar-refractivity contribution in [3.8, 4) is 17.6 Å². The van der Waals surface area contributed by atoms with Crippen LogP contribution in [0.2, 0.25) is 0 Å². The normalized spacial score (nSPS) is 10.8. The molecule has 0 aliphatic carbocycles. The maximum Gasteiger partial charge on any atom is 0.261 e. The lowest BCUT2D eigenvalue weighted by Gasteiger charge is -2.10. The van der Waals surface area contributed by atoms with Gasteiger partial charge >= 0.3 is 0 Å². The van der Waals surface area contributed by atoms with Crippen LogP contribution < -0.4 is 14.8 Å². The topological polar surface area (TPSA) is 80.6 Å². The van der Waals surface area contributed by atoms with Crippen molar-refractivity contribution in [1.29, 1.82) is 5.26 Å². The van der Waals surface area contributed by atoms with Crippen molar-refractivity contribution in [3.05, 3.63) is 29.3 Å². The molecule has 6 nitrogen and oxygen atoms in total. The Labute approximate surface area is 143 Å². The van der Waals surface area contributed by atoms with Crippen LogP contribution in [0.4, 0.5) is 0 Å². The van der Waals surface area contributed by atoms with Crippen LogP contribution in [0.3, 0.4) is 0 Å². The van der Waals surface area contributed by atoms with Crippen molar-refractivity contribution in [1.82, 2.24) is 5.32 Å². The zero-order valence-electron chi connectivity index (χ0n) is 14.4. The van der Waals surface area contributed by atoms with Gasteiger partial charge in [0.2, 0.25) is 0 Å². The number of ether oxygens (including phenoxy) is 3. The third-order valence-corrected chi connectivity index (χ3v) is 3.12. The lowest BCUT2D eigenvalue weighted by atomic mass is 10.1. The summed E-state index contributed by atoms with van der Waals surface area (Å²) in [4.78, 5) is 12.0. The Morgan fingerprint density at radius 1 is 1.29 bits per heavy atom. The SMILES string of the molecule is CCOCCCNC(=O)/C(C#N)=C/c1ccc(OC)c(OCC)c1. The van der Waals surface area contributed by atoms with Crippen LogP contribution >= 0.6 is 0 Å². The zero-order valence-corrected chi connectivity index (χ0v) is 14.4. The van der Waals surface area contributed by atoms with E-state index in [9.17, 15) is 10.1 Å². The molecular formula is C18H24N2O4. The number of nitrogens with zero attached hydrogens (tertiary/aromatic N) is 1. The molecule has 0 unspecified atom stereocenters. The van der Waals surface area contributed by atoms with E-state index in [1.54, 1.807) is 25.3 Å². The van der Waals surface area contributed by atoms with Gasteiger partial charge in [-0.25, -0.2) is 0 Å². The van der Waals surface area contributed by atoms with Gasteiger partial charge in [0.05, 0.1) is 13.7 Å². The molecule has 6 heteroatoms. The standard InChI is InChI=1S/C18H24N2O4/c1-4-23-10-6-9-20-18(21)15(13-19)11-14-7-8-16(22-3)17(12-14)24-5-2/h7-8,11-12H,4-6,9-10H2,1-3H3,(H,20,21)/b15-11+. The summed E-state index contributed by atoms with van der Waals surface area (Å²) in [7, 11) is 1.56. The van der Waals surface area contributed by atoms with Gasteiger partial charge in [0.15, 0.2) is 11.5 Å². The molecule has 0 saturated carbocycles. The summed E-state index contributed by atoms with van der Waals surface area (Å²) in [5, 5.41) is 11.9. The maximum atomic E-state index is 12.0. The number of amides is 1. The van der Waals surface area contributed by atoms with Gasteiger partial charge in [0.25, 0.3) is 5.91 Å². The molecule has 0 bridgehead atoms. The highest BCUT2D eigenvalue weighted by Crippen LogP contribution is 2.28. The third-order valence-electron chi connectivity index (χ3n) is 3.12. The number of carbonyl (C=O) groups is 1. The summed E-state index contributed by atoms with van der Waals surface area (Å²) in [5.74, 6) is 0.777. The predicted molar refractivity (Wildman–Crippen MR) is 91.9 cm³/mol. The number of nitrogens with one attached hydrogen (secondary N) is 1. The molecule has 1 aromatic carbocycles. The Morgan fingerprint density at radius 3 is 2.71 bits per heavy atom. The largest absolute Gasteiger partial charge is 0.493 e. The Morgan fingerprint density at radius 2 is 2.08 bits per heavy atom. The van der Waals surface area contributed by atoms with Gasteiger partial charge in [-0.2, -0.15) is 5.26 Å². The van der Waals surface area contributed by atoms with Crippen LogP contribution in [0.15, 0.2) is 23.8 Å². The molecule has 130 valence electrons. The predicted octanol–water partition coefficient (Wildman–Crippen LogP) is 2.54. The van der Waals surface area contributed by atoms with Crippen LogP contribution in [0.5, 0.6) is 11.5 Å². The van der Waals surface area contributed by atoms with Crippen molar-refractivity contribution in [2.75, 3.05) is 33.5 Å². The molecule has 1 rings (SSSR count). The van der Waals surface area contributed by atoms with Crippen molar-refractivity contribution >= 4 is 12.0 Å². The van der Waals surface area contributed by atoms with Gasteiger partial charge in [-0.05, 0) is 44.0 Å². The molecule has 1 amide bonds. The lowest BCUT2D eigenvalue weighted by molar-refractivity contribution is -0.117. The Kier molecular flexibility index (Phi) is 9.02. The smallest absolute Gasteiger partial charge is 0.261 e. The average Bonchev–Trinajstić information content (AvgIpc) is 2.59. The zero-order chi connectivity index (χ0) is 17.8. The molecule has 0 heterocycles. The highest BCUT2D eigenvalue weighted by Gasteiger charge is 2.10. The molecule has 0 aliphatic heterocycles. The van der Waals surface area contributed by atoms with E-state index in [0.29, 0.717) is 49.8 Å². The van der Waals surface area contributed by atoms with Gasteiger partial charge in [-0.3, -0.25) is 4.79 Å². The highest BCUT2D eigenvalue weighted by molar-refractivity contribution is 6.01. The van der Waals surface area contributed by atoms with E-state index >= 15 is 0 Å². The van der Waals surface area contributed by atoms with Crippen molar-refractivity contribution in [2.24, 2.45) is 0 Å². The van der Waals surface area contributed by atoms with E-state index in [2.05, 4.69) is 5.32 Å². The molecular weight excluding hydrogens is 308 g/mol. The van der Waals surface area contributed by atoms with E-state index in [4.69, 9.17) is 14.2 Å². The van der Waals surface area contributed by atoms with E-state index in [-0.39, 0.29) is 5.57 Å². The number of benzene rings is 1. The number of nitriles is 1. The molecule has 0 aliphatic rings. The van der Waals surface area contributed by atoms with Crippen LogP contribution in [0.25, 0.3) is 6.08 Å². The number of methoxy groups -OCH3 is 1. The Bertz CT molecular complexity index is 606. The maximum absolute atomic E-state index is 12.0. The number of carbonyl (C=O) groups excluding carboxylic acids is 1. The van der Waals surface area contributed by atoms with Crippen molar-refractivity contribution in [3.63, 3.8) is 0 Å². The summed E-state index contributed by atoms with van der Waals surface area (Å²) in [6, 6.07) is 7.17.